The lowest BCUT2D eigenvalue weighted by Gasteiger charge is -2.34. The van der Waals surface area contributed by atoms with Gasteiger partial charge in [-0.3, -0.25) is 4.99 Å². The molecule has 0 saturated heterocycles. The maximum Gasteiger partial charge on any atom is 0.0698 e. The molecule has 2 aromatic rings. The summed E-state index contributed by atoms with van der Waals surface area (Å²) < 4.78 is 0. The van der Waals surface area contributed by atoms with Gasteiger partial charge in [-0.15, -0.1) is 11.6 Å². The fourth-order valence-corrected chi connectivity index (χ4v) is 3.77. The summed E-state index contributed by atoms with van der Waals surface area (Å²) >= 11 is 6.50. The molecule has 0 bridgehead atoms. The lowest BCUT2D eigenvalue weighted by molar-refractivity contribution is 0.591. The van der Waals surface area contributed by atoms with Gasteiger partial charge in [-0.25, -0.2) is 0 Å². The van der Waals surface area contributed by atoms with Crippen molar-refractivity contribution in [1.29, 1.82) is 0 Å². The van der Waals surface area contributed by atoms with Crippen LogP contribution in [0.1, 0.15) is 31.4 Å². The van der Waals surface area contributed by atoms with E-state index in [2.05, 4.69) is 67.6 Å². The summed E-state index contributed by atoms with van der Waals surface area (Å²) in [4.78, 5) is 4.88. The monoisotopic (exact) mass is 297 g/mol. The minimum Gasteiger partial charge on any atom is -0.288 e. The molecule has 2 aromatic carbocycles. The molecule has 3 rings (SSSR count). The third kappa shape index (κ3) is 2.40. The van der Waals surface area contributed by atoms with Gasteiger partial charge in [0.2, 0.25) is 0 Å². The van der Waals surface area contributed by atoms with Crippen LogP contribution in [0, 0.1) is 0 Å². The van der Waals surface area contributed by atoms with Crippen LogP contribution in [0.3, 0.4) is 0 Å². The maximum atomic E-state index is 6.50. The van der Waals surface area contributed by atoms with E-state index in [0.29, 0.717) is 6.04 Å². The lowest BCUT2D eigenvalue weighted by atomic mass is 9.68. The molecule has 0 saturated carbocycles. The van der Waals surface area contributed by atoms with Crippen molar-refractivity contribution in [3.05, 3.63) is 71.8 Å². The Balaban J connectivity index is 2.24. The quantitative estimate of drug-likeness (QED) is 0.719. The molecule has 0 N–H and O–H groups in total. The highest BCUT2D eigenvalue weighted by Crippen LogP contribution is 2.44. The van der Waals surface area contributed by atoms with Crippen molar-refractivity contribution < 1.29 is 0 Å². The van der Waals surface area contributed by atoms with Gasteiger partial charge >= 0.3 is 0 Å². The topological polar surface area (TPSA) is 12.4 Å². The Labute approximate surface area is 131 Å². The molecule has 0 spiro atoms. The summed E-state index contributed by atoms with van der Waals surface area (Å²) in [7, 11) is 0. The molecule has 2 atom stereocenters. The van der Waals surface area contributed by atoms with E-state index in [1.165, 1.54) is 11.1 Å². The van der Waals surface area contributed by atoms with Crippen LogP contribution in [0.4, 0.5) is 0 Å². The first-order chi connectivity index (χ1) is 10.1. The third-order valence-corrected chi connectivity index (χ3v) is 4.51. The Morgan fingerprint density at radius 2 is 1.48 bits per heavy atom. The normalized spacial score (nSPS) is 21.9. The van der Waals surface area contributed by atoms with Crippen LogP contribution < -0.4 is 0 Å². The zero-order valence-corrected chi connectivity index (χ0v) is 13.2. The number of rotatable bonds is 3. The Bertz CT molecular complexity index is 592. The first-order valence-corrected chi connectivity index (χ1v) is 7.91. The van der Waals surface area contributed by atoms with Gasteiger partial charge in [0.25, 0.3) is 0 Å². The molecular formula is C19H20ClN. The zero-order valence-electron chi connectivity index (χ0n) is 12.5. The maximum absolute atomic E-state index is 6.50. The zero-order chi connectivity index (χ0) is 14.9. The molecule has 0 fully saturated rings. The molecule has 0 aliphatic carbocycles. The SMILES string of the molecule is CC1CC(c2ccccc2)(c2ccccc2)C(C(C)Cl)=N1. The molecule has 2 unspecified atom stereocenters. The second kappa shape index (κ2) is 5.65. The second-order valence-electron chi connectivity index (χ2n) is 5.82. The molecule has 2 heteroatoms. The van der Waals surface area contributed by atoms with Gasteiger partial charge in [0.05, 0.1) is 10.8 Å². The molecule has 1 nitrogen and oxygen atoms in total. The van der Waals surface area contributed by atoms with Crippen molar-refractivity contribution in [2.45, 2.75) is 37.1 Å². The minimum absolute atomic E-state index is 0.0737. The summed E-state index contributed by atoms with van der Waals surface area (Å²) in [5.41, 5.74) is 3.47. The second-order valence-corrected chi connectivity index (χ2v) is 6.48. The Kier molecular flexibility index (Phi) is 3.86. The van der Waals surface area contributed by atoms with E-state index in [4.69, 9.17) is 16.6 Å². The standard InChI is InChI=1S/C19H20ClN/c1-14-13-19(18(21-14)15(2)20,16-9-5-3-6-10-16)17-11-7-4-8-12-17/h3-12,14-15H,13H2,1-2H3. The van der Waals surface area contributed by atoms with E-state index in [1.807, 2.05) is 6.92 Å². The van der Waals surface area contributed by atoms with Crippen LogP contribution in [0.25, 0.3) is 0 Å². The summed E-state index contributed by atoms with van der Waals surface area (Å²) in [6.07, 6.45) is 0.980. The van der Waals surface area contributed by atoms with Crippen LogP contribution >= 0.6 is 11.6 Å². The van der Waals surface area contributed by atoms with Crippen LogP contribution in [-0.2, 0) is 5.41 Å². The Hall–Kier alpha value is -1.60. The smallest absolute Gasteiger partial charge is 0.0698 e. The van der Waals surface area contributed by atoms with Crippen molar-refractivity contribution >= 4 is 17.3 Å². The van der Waals surface area contributed by atoms with Crippen LogP contribution in [-0.4, -0.2) is 17.1 Å². The largest absolute Gasteiger partial charge is 0.288 e. The summed E-state index contributed by atoms with van der Waals surface area (Å²) in [5.74, 6) is 0. The molecule has 21 heavy (non-hydrogen) atoms. The van der Waals surface area contributed by atoms with Gasteiger partial charge in [-0.1, -0.05) is 60.7 Å². The predicted octanol–water partition coefficient (Wildman–Crippen LogP) is 4.83. The average molecular weight is 298 g/mol. The third-order valence-electron chi connectivity index (χ3n) is 4.31. The molecule has 1 aliphatic heterocycles. The molecule has 0 amide bonds. The van der Waals surface area contributed by atoms with Gasteiger partial charge in [0.15, 0.2) is 0 Å². The molecule has 108 valence electrons. The van der Waals surface area contributed by atoms with Crippen molar-refractivity contribution in [2.24, 2.45) is 4.99 Å². The summed E-state index contributed by atoms with van der Waals surface area (Å²) in [6, 6.07) is 21.6. The Morgan fingerprint density at radius 3 is 1.90 bits per heavy atom. The number of benzene rings is 2. The average Bonchev–Trinajstić information content (AvgIpc) is 2.88. The fraction of sp³-hybridized carbons (Fsp3) is 0.316. The number of hydrogen-bond acceptors (Lipinski definition) is 1. The van der Waals surface area contributed by atoms with Gasteiger partial charge in [0.1, 0.15) is 0 Å². The van der Waals surface area contributed by atoms with E-state index in [9.17, 15) is 0 Å². The van der Waals surface area contributed by atoms with Gasteiger partial charge in [0, 0.05) is 11.8 Å². The van der Waals surface area contributed by atoms with Gasteiger partial charge in [-0.2, -0.15) is 0 Å². The van der Waals surface area contributed by atoms with Gasteiger partial charge in [-0.05, 0) is 31.4 Å². The van der Waals surface area contributed by atoms with Crippen molar-refractivity contribution in [2.75, 3.05) is 0 Å². The lowest BCUT2D eigenvalue weighted by Crippen LogP contribution is -2.38. The molecule has 1 aliphatic rings. The summed E-state index contributed by atoms with van der Waals surface area (Å²) in [5, 5.41) is -0.0737. The molecular weight excluding hydrogens is 278 g/mol. The fourth-order valence-electron chi connectivity index (χ4n) is 3.53. The number of halogens is 1. The van der Waals surface area contributed by atoms with E-state index >= 15 is 0 Å². The van der Waals surface area contributed by atoms with E-state index in [1.54, 1.807) is 0 Å². The molecule has 0 radical (unpaired) electrons. The number of aliphatic imine (C=N–C) groups is 1. The van der Waals surface area contributed by atoms with Crippen molar-refractivity contribution in [3.63, 3.8) is 0 Å². The predicted molar refractivity (Wildman–Crippen MR) is 90.5 cm³/mol. The number of hydrogen-bond donors (Lipinski definition) is 0. The number of alkyl halides is 1. The summed E-state index contributed by atoms with van der Waals surface area (Å²) in [6.45, 7) is 4.20. The molecule has 1 heterocycles. The highest BCUT2D eigenvalue weighted by molar-refractivity contribution is 6.34. The minimum atomic E-state index is -0.191. The van der Waals surface area contributed by atoms with E-state index in [0.717, 1.165) is 12.1 Å². The van der Waals surface area contributed by atoms with Crippen molar-refractivity contribution in [1.82, 2.24) is 0 Å². The van der Waals surface area contributed by atoms with E-state index < -0.39 is 0 Å². The number of nitrogens with zero attached hydrogens (tertiary/aromatic N) is 1. The highest BCUT2D eigenvalue weighted by Gasteiger charge is 2.46. The van der Waals surface area contributed by atoms with Crippen LogP contribution in [0.5, 0.6) is 0 Å². The van der Waals surface area contributed by atoms with Crippen LogP contribution in [0.2, 0.25) is 0 Å². The first-order valence-electron chi connectivity index (χ1n) is 7.48. The van der Waals surface area contributed by atoms with Gasteiger partial charge < -0.3 is 0 Å². The Morgan fingerprint density at radius 1 is 1.00 bits per heavy atom. The van der Waals surface area contributed by atoms with E-state index in [-0.39, 0.29) is 10.8 Å². The van der Waals surface area contributed by atoms with Crippen molar-refractivity contribution in [3.8, 4) is 0 Å². The van der Waals surface area contributed by atoms with Crippen LogP contribution in [0.15, 0.2) is 65.7 Å². The highest BCUT2D eigenvalue weighted by atomic mass is 35.5. The first kappa shape index (κ1) is 14.3. The molecule has 0 aromatic heterocycles.